The Morgan fingerprint density at radius 1 is 1.35 bits per heavy atom. The van der Waals surface area contributed by atoms with Crippen LogP contribution >= 0.6 is 23.2 Å². The molecule has 0 N–H and O–H groups in total. The van der Waals surface area contributed by atoms with E-state index in [0.29, 0.717) is 10.0 Å². The number of piperidine rings is 1. The maximum absolute atomic E-state index is 12.4. The normalized spacial score (nSPS) is 39.8. The van der Waals surface area contributed by atoms with E-state index in [0.717, 1.165) is 12.0 Å². The topological polar surface area (TPSA) is 29.3 Å². The Morgan fingerprint density at radius 2 is 2.05 bits per heavy atom. The number of hydrogen-bond donors (Lipinski definition) is 0. The molecule has 0 spiro atoms. The van der Waals surface area contributed by atoms with E-state index >= 15 is 0 Å². The zero-order chi connectivity index (χ0) is 14.1. The van der Waals surface area contributed by atoms with Gasteiger partial charge in [0.25, 0.3) is 0 Å². The van der Waals surface area contributed by atoms with Gasteiger partial charge < -0.3 is 4.74 Å². The summed E-state index contributed by atoms with van der Waals surface area (Å²) in [7, 11) is 1.44. The molecule has 0 saturated carbocycles. The average Bonchev–Trinajstić information content (AvgIpc) is 2.79. The van der Waals surface area contributed by atoms with E-state index in [2.05, 4.69) is 17.1 Å². The fourth-order valence-electron chi connectivity index (χ4n) is 4.06. The van der Waals surface area contributed by atoms with Crippen LogP contribution in [0, 0.1) is 5.92 Å². The molecule has 5 atom stereocenters. The summed E-state index contributed by atoms with van der Waals surface area (Å²) in [5.74, 6) is 0.00706. The Kier molecular flexibility index (Phi) is 2.54. The van der Waals surface area contributed by atoms with Crippen LogP contribution in [0.15, 0.2) is 30.4 Å². The quantitative estimate of drug-likeness (QED) is 0.477. The molecule has 104 valence electrons. The van der Waals surface area contributed by atoms with Gasteiger partial charge in [-0.2, -0.15) is 0 Å². The van der Waals surface area contributed by atoms with Crippen LogP contribution in [0.25, 0.3) is 0 Å². The van der Waals surface area contributed by atoms with E-state index in [-0.39, 0.29) is 24.0 Å². The number of fused-ring (bicyclic) bond motifs is 5. The minimum absolute atomic E-state index is 0.0742. The predicted molar refractivity (Wildman–Crippen MR) is 76.8 cm³/mol. The Bertz CT molecular complexity index is 625. The first kappa shape index (κ1) is 12.7. The van der Waals surface area contributed by atoms with Gasteiger partial charge in [0.15, 0.2) is 0 Å². The van der Waals surface area contributed by atoms with Gasteiger partial charge in [-0.05, 0) is 18.6 Å². The van der Waals surface area contributed by atoms with Crippen LogP contribution < -0.4 is 0 Å². The largest absolute Gasteiger partial charge is 0.468 e. The molecule has 0 aromatic heterocycles. The van der Waals surface area contributed by atoms with Gasteiger partial charge in [-0.1, -0.05) is 41.4 Å². The monoisotopic (exact) mass is 309 g/mol. The van der Waals surface area contributed by atoms with Gasteiger partial charge in [0.2, 0.25) is 0 Å². The number of methoxy groups -OCH3 is 1. The zero-order valence-electron chi connectivity index (χ0n) is 10.8. The highest BCUT2D eigenvalue weighted by Crippen LogP contribution is 2.69. The van der Waals surface area contributed by atoms with Crippen LogP contribution in [0.4, 0.5) is 0 Å². The van der Waals surface area contributed by atoms with Gasteiger partial charge in [0.05, 0.1) is 13.2 Å². The second-order valence-corrected chi connectivity index (χ2v) is 6.37. The van der Waals surface area contributed by atoms with E-state index in [9.17, 15) is 4.79 Å². The lowest BCUT2D eigenvalue weighted by Crippen LogP contribution is -2.35. The smallest absolute Gasteiger partial charge is 0.328 e. The molecular formula is C15H13Cl2NO2. The maximum atomic E-state index is 12.4. The van der Waals surface area contributed by atoms with Gasteiger partial charge in [0.1, 0.15) is 5.54 Å². The Morgan fingerprint density at radius 3 is 2.70 bits per heavy atom. The van der Waals surface area contributed by atoms with Gasteiger partial charge in [0, 0.05) is 27.6 Å². The van der Waals surface area contributed by atoms with Crippen molar-refractivity contribution in [2.45, 2.75) is 24.0 Å². The van der Waals surface area contributed by atoms with Crippen molar-refractivity contribution in [2.75, 3.05) is 7.11 Å². The lowest BCUT2D eigenvalue weighted by molar-refractivity contribution is -0.145. The number of ether oxygens (including phenoxy) is 1. The zero-order valence-corrected chi connectivity index (χ0v) is 12.4. The van der Waals surface area contributed by atoms with Crippen molar-refractivity contribution in [1.82, 2.24) is 4.90 Å². The van der Waals surface area contributed by atoms with Gasteiger partial charge >= 0.3 is 5.97 Å². The molecule has 0 amide bonds. The molecule has 2 heterocycles. The van der Waals surface area contributed by atoms with Crippen LogP contribution in [-0.4, -0.2) is 29.6 Å². The Hall–Kier alpha value is -1.03. The van der Waals surface area contributed by atoms with Crippen LogP contribution in [0.3, 0.4) is 0 Å². The fourth-order valence-corrected chi connectivity index (χ4v) is 4.67. The molecule has 1 aromatic rings. The molecule has 0 radical (unpaired) electrons. The van der Waals surface area contributed by atoms with E-state index in [1.54, 1.807) is 0 Å². The second kappa shape index (κ2) is 4.00. The summed E-state index contributed by atoms with van der Waals surface area (Å²) in [5.41, 5.74) is 0.252. The predicted octanol–water partition coefficient (Wildman–Crippen LogP) is 3.22. The van der Waals surface area contributed by atoms with Gasteiger partial charge in [-0.3, -0.25) is 4.90 Å². The highest BCUT2D eigenvalue weighted by Gasteiger charge is 2.79. The number of hydrogen-bond acceptors (Lipinski definition) is 3. The molecule has 2 saturated heterocycles. The molecule has 3 aliphatic rings. The molecular weight excluding hydrogens is 297 g/mol. The molecule has 2 bridgehead atoms. The minimum Gasteiger partial charge on any atom is -0.468 e. The summed E-state index contributed by atoms with van der Waals surface area (Å²) in [6.07, 6.45) is 5.27. The van der Waals surface area contributed by atoms with Crippen LogP contribution in [0.1, 0.15) is 18.0 Å². The number of carbonyl (C=O) groups excluding carboxylic acids is 1. The number of rotatable bonds is 2. The van der Waals surface area contributed by atoms with Gasteiger partial charge in [-0.25, -0.2) is 4.79 Å². The summed E-state index contributed by atoms with van der Waals surface area (Å²) in [5, 5.41) is 1.22. The molecule has 2 fully saturated rings. The Balaban J connectivity index is 1.84. The van der Waals surface area contributed by atoms with E-state index in [1.165, 1.54) is 7.11 Å². The lowest BCUT2D eigenvalue weighted by atomic mass is 9.86. The fraction of sp³-hybridized carbons (Fsp3) is 0.400. The number of nitrogens with zero attached hydrogens (tertiary/aromatic N) is 1. The molecule has 1 unspecified atom stereocenters. The lowest BCUT2D eigenvalue weighted by Gasteiger charge is -2.17. The first-order valence-corrected chi connectivity index (χ1v) is 7.37. The summed E-state index contributed by atoms with van der Waals surface area (Å²) in [4.78, 5) is 14.6. The first-order valence-electron chi connectivity index (χ1n) is 6.61. The van der Waals surface area contributed by atoms with Crippen molar-refractivity contribution < 1.29 is 9.53 Å². The standard InChI is InChI=1S/C15H13Cl2NO2/c1-20-14(19)15-8-5-6-9(7-8)18(15)13(15)12-10(16)3-2-4-11(12)17/h2-6,8-9,13H,7H2,1H3/t8-,9+,13+,15+,18?/m1/s1. The number of benzene rings is 1. The van der Waals surface area contributed by atoms with Crippen molar-refractivity contribution >= 4 is 29.2 Å². The Labute approximate surface area is 127 Å². The van der Waals surface area contributed by atoms with E-state index in [1.807, 2.05) is 18.2 Å². The second-order valence-electron chi connectivity index (χ2n) is 5.56. The van der Waals surface area contributed by atoms with Crippen molar-refractivity contribution in [3.05, 3.63) is 46.0 Å². The SMILES string of the molecule is COC(=O)[C@@]12[C@@H]3C=C[C@@H](C3)N1[C@H]2c1c(Cl)cccc1Cl. The average molecular weight is 310 g/mol. The third kappa shape index (κ3) is 1.29. The molecule has 3 nitrogen and oxygen atoms in total. The first-order chi connectivity index (χ1) is 9.62. The molecule has 4 rings (SSSR count). The van der Waals surface area contributed by atoms with Crippen molar-refractivity contribution in [3.8, 4) is 0 Å². The minimum atomic E-state index is -0.594. The third-order valence-electron chi connectivity index (χ3n) is 4.82. The number of halogens is 2. The molecule has 2 aliphatic heterocycles. The molecule has 1 aliphatic carbocycles. The summed E-state index contributed by atoms with van der Waals surface area (Å²) in [6.45, 7) is 0. The molecule has 20 heavy (non-hydrogen) atoms. The maximum Gasteiger partial charge on any atom is 0.328 e. The van der Waals surface area contributed by atoms with Crippen LogP contribution in [-0.2, 0) is 9.53 Å². The molecule has 5 heteroatoms. The van der Waals surface area contributed by atoms with Crippen molar-refractivity contribution in [2.24, 2.45) is 5.92 Å². The summed E-state index contributed by atoms with van der Waals surface area (Å²) >= 11 is 12.6. The number of carbonyl (C=O) groups is 1. The highest BCUT2D eigenvalue weighted by molar-refractivity contribution is 6.36. The third-order valence-corrected chi connectivity index (χ3v) is 5.48. The summed E-state index contributed by atoms with van der Waals surface area (Å²) < 4.78 is 5.06. The van der Waals surface area contributed by atoms with Crippen LogP contribution in [0.5, 0.6) is 0 Å². The molecule has 1 aromatic carbocycles. The van der Waals surface area contributed by atoms with E-state index < -0.39 is 5.54 Å². The highest BCUT2D eigenvalue weighted by atomic mass is 35.5. The van der Waals surface area contributed by atoms with Gasteiger partial charge in [-0.15, -0.1) is 0 Å². The number of esters is 1. The van der Waals surface area contributed by atoms with E-state index in [4.69, 9.17) is 27.9 Å². The van der Waals surface area contributed by atoms with Crippen molar-refractivity contribution in [1.29, 1.82) is 0 Å². The van der Waals surface area contributed by atoms with Crippen molar-refractivity contribution in [3.63, 3.8) is 0 Å². The summed E-state index contributed by atoms with van der Waals surface area (Å²) in [6, 6.07) is 5.67. The van der Waals surface area contributed by atoms with Crippen LogP contribution in [0.2, 0.25) is 10.0 Å².